The lowest BCUT2D eigenvalue weighted by Gasteiger charge is -2.31. The highest BCUT2D eigenvalue weighted by Crippen LogP contribution is 2.41. The Morgan fingerprint density at radius 1 is 0.981 bits per heavy atom. The number of hydrogen-bond donors (Lipinski definition) is 1. The molecule has 0 bridgehead atoms. The van der Waals surface area contributed by atoms with Gasteiger partial charge in [0.1, 0.15) is 12.2 Å². The van der Waals surface area contributed by atoms with Gasteiger partial charge in [-0.15, -0.1) is 5.10 Å². The molecule has 3 atom stereocenters. The van der Waals surface area contributed by atoms with Gasteiger partial charge in [0.25, 0.3) is 0 Å². The van der Waals surface area contributed by atoms with Crippen LogP contribution >= 0.6 is 0 Å². The average Bonchev–Trinajstić information content (AvgIpc) is 3.51. The number of morpholine rings is 1. The molecule has 53 heavy (non-hydrogen) atoms. The molecule has 9 nitrogen and oxygen atoms in total. The second-order valence-electron chi connectivity index (χ2n) is 13.7. The third kappa shape index (κ3) is 9.21. The van der Waals surface area contributed by atoms with Crippen LogP contribution in [0.4, 0.5) is 17.6 Å². The minimum absolute atomic E-state index is 0.0390. The average molecular weight is 734 g/mol. The molecule has 4 aromatic rings. The van der Waals surface area contributed by atoms with E-state index in [2.05, 4.69) is 20.3 Å². The van der Waals surface area contributed by atoms with E-state index in [9.17, 15) is 18.0 Å². The van der Waals surface area contributed by atoms with Crippen molar-refractivity contribution in [2.45, 2.75) is 63.1 Å². The van der Waals surface area contributed by atoms with E-state index in [1.807, 2.05) is 6.08 Å². The van der Waals surface area contributed by atoms with Crippen LogP contribution in [-0.2, 0) is 14.3 Å². The number of ether oxygens (including phenoxy) is 3. The molecular weight excluding hydrogens is 690 g/mol. The summed E-state index contributed by atoms with van der Waals surface area (Å²) in [5.74, 6) is -0.423. The molecule has 0 spiro atoms. The maximum atomic E-state index is 15.4. The number of fused-ring (bicyclic) bond motifs is 1. The topological polar surface area (TPSA) is 90.7 Å². The summed E-state index contributed by atoms with van der Waals surface area (Å²) in [4.78, 5) is 19.2. The molecule has 3 aliphatic rings. The lowest BCUT2D eigenvalue weighted by molar-refractivity contribution is -0.127. The Morgan fingerprint density at radius 2 is 1.83 bits per heavy atom. The van der Waals surface area contributed by atoms with E-state index < -0.39 is 30.9 Å². The Hall–Kier alpha value is -4.43. The van der Waals surface area contributed by atoms with Gasteiger partial charge in [0.2, 0.25) is 11.8 Å². The van der Waals surface area contributed by atoms with E-state index in [1.54, 1.807) is 66.7 Å². The highest BCUT2D eigenvalue weighted by molar-refractivity contribution is 6.00. The monoisotopic (exact) mass is 733 g/mol. The van der Waals surface area contributed by atoms with Crippen LogP contribution in [0.1, 0.15) is 61.4 Å². The van der Waals surface area contributed by atoms with E-state index in [1.165, 1.54) is 10.9 Å². The van der Waals surface area contributed by atoms with Crippen molar-refractivity contribution in [2.75, 3.05) is 45.9 Å². The summed E-state index contributed by atoms with van der Waals surface area (Å²) in [6.45, 7) is 4.40. The molecule has 0 radical (unpaired) electrons. The second kappa shape index (κ2) is 16.7. The molecule has 2 aromatic heterocycles. The zero-order valence-electron chi connectivity index (χ0n) is 29.4. The lowest BCUT2D eigenvalue weighted by Crippen LogP contribution is -2.43. The van der Waals surface area contributed by atoms with Crippen LogP contribution in [0, 0.1) is 5.95 Å². The zero-order valence-corrected chi connectivity index (χ0v) is 29.4. The number of nitrogens with zero attached hydrogens (tertiary/aromatic N) is 4. The fourth-order valence-corrected chi connectivity index (χ4v) is 7.30. The number of allylic oxidation sites excluding steroid dienone is 1. The minimum atomic E-state index is -4.53. The normalized spacial score (nSPS) is 22.2. The van der Waals surface area contributed by atoms with Gasteiger partial charge in [-0.25, -0.2) is 9.67 Å². The van der Waals surface area contributed by atoms with Crippen molar-refractivity contribution in [1.29, 1.82) is 0 Å². The lowest BCUT2D eigenvalue weighted by atomic mass is 9.88. The van der Waals surface area contributed by atoms with E-state index in [-0.39, 0.29) is 28.4 Å². The number of pyridine rings is 1. The summed E-state index contributed by atoms with van der Waals surface area (Å²) in [6, 6.07) is 16.8. The number of carbonyl (C=O) groups is 1. The van der Waals surface area contributed by atoms with Gasteiger partial charge < -0.3 is 19.5 Å². The predicted molar refractivity (Wildman–Crippen MR) is 193 cm³/mol. The van der Waals surface area contributed by atoms with Crippen molar-refractivity contribution >= 4 is 27.8 Å². The molecule has 3 aliphatic heterocycles. The maximum absolute atomic E-state index is 15.4. The molecule has 2 aromatic carbocycles. The fraction of sp³-hybridized carbons (Fsp3) is 0.425. The van der Waals surface area contributed by atoms with Gasteiger partial charge in [0, 0.05) is 50.6 Å². The number of aromatic nitrogens is 3. The van der Waals surface area contributed by atoms with Gasteiger partial charge in [-0.2, -0.15) is 17.6 Å². The SMILES string of the molecule is O=C(/C=C/CN1CCC[C@@H](Oc2ccc(/C(=C(/CC(F)(F)F)c3ccccc3)c3ccc4c(c3)c(F)nn4C3CCCCO3)cn2)C1)C1CNCCO1. The molecule has 7 rings (SSSR count). The molecule has 280 valence electrons. The number of carbonyl (C=O) groups excluding carboxylic acids is 1. The molecule has 0 aliphatic carbocycles. The molecular formula is C40H43F4N5O4. The van der Waals surface area contributed by atoms with E-state index in [0.29, 0.717) is 67.4 Å². The van der Waals surface area contributed by atoms with Gasteiger partial charge in [-0.1, -0.05) is 42.5 Å². The molecule has 3 saturated heterocycles. The molecule has 1 N–H and O–H groups in total. The number of likely N-dealkylation sites (tertiary alicyclic amines) is 1. The third-order valence-corrected chi connectivity index (χ3v) is 9.84. The Bertz CT molecular complexity index is 1920. The second-order valence-corrected chi connectivity index (χ2v) is 13.7. The minimum Gasteiger partial charge on any atom is -0.473 e. The number of ketones is 1. The van der Waals surface area contributed by atoms with Gasteiger partial charge in [0.05, 0.1) is 23.9 Å². The summed E-state index contributed by atoms with van der Waals surface area (Å²) in [5.41, 5.74) is 2.07. The number of rotatable bonds is 11. The zero-order chi connectivity index (χ0) is 36.8. The molecule has 13 heteroatoms. The number of alkyl halides is 3. The van der Waals surface area contributed by atoms with E-state index >= 15 is 4.39 Å². The van der Waals surface area contributed by atoms with Crippen molar-refractivity contribution in [3.05, 3.63) is 102 Å². The van der Waals surface area contributed by atoms with Crippen molar-refractivity contribution < 1.29 is 36.6 Å². The number of halogens is 4. The Morgan fingerprint density at radius 3 is 2.57 bits per heavy atom. The van der Waals surface area contributed by atoms with Crippen LogP contribution in [0.5, 0.6) is 5.88 Å². The van der Waals surface area contributed by atoms with Crippen molar-refractivity contribution in [1.82, 2.24) is 25.0 Å². The van der Waals surface area contributed by atoms with Crippen LogP contribution in [0.3, 0.4) is 0 Å². The number of nitrogens with one attached hydrogen (secondary N) is 1. The van der Waals surface area contributed by atoms with Crippen molar-refractivity contribution in [3.63, 3.8) is 0 Å². The first-order chi connectivity index (χ1) is 25.7. The molecule has 3 fully saturated rings. The maximum Gasteiger partial charge on any atom is 0.393 e. The summed E-state index contributed by atoms with van der Waals surface area (Å²) < 4.78 is 77.5. The van der Waals surface area contributed by atoms with Crippen LogP contribution < -0.4 is 10.1 Å². The van der Waals surface area contributed by atoms with Crippen LogP contribution in [-0.4, -0.2) is 89.8 Å². The molecule has 0 amide bonds. The van der Waals surface area contributed by atoms with Crippen molar-refractivity contribution in [3.8, 4) is 5.88 Å². The predicted octanol–water partition coefficient (Wildman–Crippen LogP) is 7.14. The van der Waals surface area contributed by atoms with Gasteiger partial charge in [0.15, 0.2) is 12.0 Å². The number of hydrogen-bond acceptors (Lipinski definition) is 8. The standard InChI is InChI=1S/C40H43F4N5O4/c41-39-31-22-28(13-15-33(31)49(47-39)37-12-4-5-20-52-37)38(32(23-40(42,43)44)27-8-2-1-3-9-27)29-14-16-36(46-24-29)53-30-10-6-18-48(26-30)19-7-11-34(50)35-25-45-17-21-51-35/h1-3,7-9,11,13-16,22,24,30,35,37,45H,4-6,10,12,17-21,23,25-26H2/b11-7+,38-32-/t30-,35?,37?/m1/s1. The van der Waals surface area contributed by atoms with Gasteiger partial charge in [-0.3, -0.25) is 9.69 Å². The smallest absolute Gasteiger partial charge is 0.393 e. The Labute approximate surface area is 305 Å². The Balaban J connectivity index is 1.15. The highest BCUT2D eigenvalue weighted by Gasteiger charge is 2.32. The largest absolute Gasteiger partial charge is 0.473 e. The summed E-state index contributed by atoms with van der Waals surface area (Å²) in [6.07, 6.45) is 2.44. The fourth-order valence-electron chi connectivity index (χ4n) is 7.30. The number of benzene rings is 2. The molecule has 0 saturated carbocycles. The van der Waals surface area contributed by atoms with Gasteiger partial charge in [-0.05, 0) is 85.2 Å². The van der Waals surface area contributed by atoms with Crippen LogP contribution in [0.25, 0.3) is 22.0 Å². The van der Waals surface area contributed by atoms with E-state index in [0.717, 1.165) is 38.8 Å². The quantitative estimate of drug-likeness (QED) is 0.0990. The molecule has 2 unspecified atom stereocenters. The van der Waals surface area contributed by atoms with Crippen LogP contribution in [0.15, 0.2) is 79.0 Å². The first-order valence-electron chi connectivity index (χ1n) is 18.2. The first kappa shape index (κ1) is 36.9. The Kier molecular flexibility index (Phi) is 11.6. The molecule has 5 heterocycles. The highest BCUT2D eigenvalue weighted by atomic mass is 19.4. The first-order valence-corrected chi connectivity index (χ1v) is 18.2. The van der Waals surface area contributed by atoms with Gasteiger partial charge >= 0.3 is 6.18 Å². The summed E-state index contributed by atoms with van der Waals surface area (Å²) >= 11 is 0. The summed E-state index contributed by atoms with van der Waals surface area (Å²) in [7, 11) is 0. The number of piperidine rings is 1. The van der Waals surface area contributed by atoms with Crippen molar-refractivity contribution in [2.24, 2.45) is 0 Å². The third-order valence-electron chi connectivity index (χ3n) is 9.84. The van der Waals surface area contributed by atoms with E-state index in [4.69, 9.17) is 14.2 Å². The van der Waals surface area contributed by atoms with Crippen LogP contribution in [0.2, 0.25) is 0 Å². The summed E-state index contributed by atoms with van der Waals surface area (Å²) in [5, 5.41) is 7.49.